The fourth-order valence-corrected chi connectivity index (χ4v) is 7.14. The van der Waals surface area contributed by atoms with Crippen LogP contribution >= 0.6 is 0 Å². The van der Waals surface area contributed by atoms with Gasteiger partial charge in [-0.15, -0.1) is 0 Å². The van der Waals surface area contributed by atoms with Crippen LogP contribution < -0.4 is 0 Å². The second kappa shape index (κ2) is 16.5. The van der Waals surface area contributed by atoms with Crippen LogP contribution in [0.1, 0.15) is 39.6 Å². The van der Waals surface area contributed by atoms with Gasteiger partial charge in [0.1, 0.15) is 42.7 Å². The number of fused-ring (bicyclic) bond motifs is 2. The van der Waals surface area contributed by atoms with Crippen molar-refractivity contribution >= 4 is 5.97 Å². The van der Waals surface area contributed by atoms with Crippen molar-refractivity contribution in [3.05, 3.63) is 144 Å². The highest BCUT2D eigenvalue weighted by Crippen LogP contribution is 2.40. The number of rotatable bonds is 10. The molecule has 0 aromatic heterocycles. The molecule has 4 aromatic rings. The summed E-state index contributed by atoms with van der Waals surface area (Å²) in [5.41, 5.74) is 2.83. The highest BCUT2D eigenvalue weighted by atomic mass is 16.8. The molecule has 0 aliphatic carbocycles. The van der Waals surface area contributed by atoms with Crippen molar-refractivity contribution in [2.45, 2.75) is 80.6 Å². The van der Waals surface area contributed by atoms with Crippen LogP contribution in [0.5, 0.6) is 0 Å². The van der Waals surface area contributed by atoms with Gasteiger partial charge in [0.05, 0.1) is 25.4 Å². The Morgan fingerprint density at radius 1 is 0.642 bits per heavy atom. The maximum Gasteiger partial charge on any atom is 0.338 e. The van der Waals surface area contributed by atoms with Crippen molar-refractivity contribution in [2.75, 3.05) is 20.3 Å². The topological polar surface area (TPSA) is 130 Å². The molecular formula is C41H42O12. The number of ether oxygens (including phenoxy) is 10. The average molecular weight is 727 g/mol. The SMILES string of the molecule is CO[C@@H]1C(OC(=O)c2ccccc2)[C@H](O[C@@H]2C(O)[C@H](OCc3ccccc3)OC3COC(c4ccccc4)O[C@@H]32)OC2COC(c3ccccc3)O[C@@H]21. The van der Waals surface area contributed by atoms with E-state index < -0.39 is 80.0 Å². The van der Waals surface area contributed by atoms with Crippen LogP contribution in [0.15, 0.2) is 121 Å². The molecule has 0 spiro atoms. The fraction of sp³-hybridized carbons (Fsp3) is 0.390. The van der Waals surface area contributed by atoms with Crippen LogP contribution in [0.2, 0.25) is 0 Å². The monoisotopic (exact) mass is 726 g/mol. The summed E-state index contributed by atoms with van der Waals surface area (Å²) in [7, 11) is 1.52. The molecule has 4 fully saturated rings. The van der Waals surface area contributed by atoms with Crippen LogP contribution in [-0.4, -0.2) is 92.8 Å². The molecule has 0 bridgehead atoms. The zero-order valence-corrected chi connectivity index (χ0v) is 29.0. The van der Waals surface area contributed by atoms with Gasteiger partial charge in [0.2, 0.25) is 0 Å². The summed E-state index contributed by atoms with van der Waals surface area (Å²) in [6.45, 7) is 0.438. The Morgan fingerprint density at radius 2 is 1.15 bits per heavy atom. The summed E-state index contributed by atoms with van der Waals surface area (Å²) < 4.78 is 63.1. The highest BCUT2D eigenvalue weighted by molar-refractivity contribution is 5.89. The summed E-state index contributed by atoms with van der Waals surface area (Å²) in [4.78, 5) is 13.6. The van der Waals surface area contributed by atoms with Crippen LogP contribution in [0.25, 0.3) is 0 Å². The molecule has 0 amide bonds. The molecule has 4 heterocycles. The number of carbonyl (C=O) groups is 1. The standard InChI is InChI=1S/C41H42O12/c1-44-35-33-30(24-47-39(52-33)28-20-12-5-13-21-28)49-41(36(35)50-37(43)26-16-8-3-9-17-26)53-34-31(42)40(45-22-25-14-6-2-7-15-25)48-29-23-46-38(51-32(29)34)27-18-10-4-11-19-27/h2-21,29-36,38-42H,22-24H2,1H3/t29?,30?,31?,32-,33-,34+,35-,36?,38?,39?,40+,41-/m0/s1. The van der Waals surface area contributed by atoms with Gasteiger partial charge in [-0.3, -0.25) is 0 Å². The second-order valence-corrected chi connectivity index (χ2v) is 13.3. The van der Waals surface area contributed by atoms with E-state index in [4.69, 9.17) is 47.4 Å². The first kappa shape index (κ1) is 36.0. The lowest BCUT2D eigenvalue weighted by atomic mass is 9.95. The van der Waals surface area contributed by atoms with E-state index in [1.54, 1.807) is 24.3 Å². The van der Waals surface area contributed by atoms with Crippen molar-refractivity contribution in [2.24, 2.45) is 0 Å². The number of aliphatic hydroxyl groups is 1. The van der Waals surface area contributed by atoms with E-state index >= 15 is 0 Å². The molecule has 278 valence electrons. The Morgan fingerprint density at radius 3 is 1.72 bits per heavy atom. The molecule has 1 N–H and O–H groups in total. The fourth-order valence-electron chi connectivity index (χ4n) is 7.14. The van der Waals surface area contributed by atoms with Gasteiger partial charge in [0.15, 0.2) is 31.3 Å². The molecule has 12 nitrogen and oxygen atoms in total. The molecule has 4 aliphatic heterocycles. The second-order valence-electron chi connectivity index (χ2n) is 13.3. The zero-order chi connectivity index (χ0) is 36.1. The molecule has 0 saturated carbocycles. The number of esters is 1. The van der Waals surface area contributed by atoms with Gasteiger partial charge in [-0.1, -0.05) is 109 Å². The molecule has 0 radical (unpaired) electrons. The van der Waals surface area contributed by atoms with Gasteiger partial charge in [0.25, 0.3) is 0 Å². The van der Waals surface area contributed by atoms with E-state index in [1.807, 2.05) is 97.1 Å². The largest absolute Gasteiger partial charge is 0.450 e. The minimum atomic E-state index is -1.36. The molecule has 8 rings (SSSR count). The zero-order valence-electron chi connectivity index (χ0n) is 29.0. The van der Waals surface area contributed by atoms with E-state index in [9.17, 15) is 9.90 Å². The Balaban J connectivity index is 1.09. The minimum absolute atomic E-state index is 0.133. The van der Waals surface area contributed by atoms with E-state index in [-0.39, 0.29) is 19.8 Å². The molecule has 12 heteroatoms. The molecule has 12 atom stereocenters. The van der Waals surface area contributed by atoms with Crippen molar-refractivity contribution < 1.29 is 57.3 Å². The lowest BCUT2D eigenvalue weighted by Crippen LogP contribution is -2.67. The predicted molar refractivity (Wildman–Crippen MR) is 186 cm³/mol. The van der Waals surface area contributed by atoms with Crippen LogP contribution in [0, 0.1) is 0 Å². The van der Waals surface area contributed by atoms with E-state index in [0.717, 1.165) is 16.7 Å². The number of benzene rings is 4. The number of aliphatic hydroxyl groups excluding tert-OH is 1. The smallest absolute Gasteiger partial charge is 0.338 e. The molecule has 4 aliphatic rings. The summed E-state index contributed by atoms with van der Waals surface area (Å²) in [5, 5.41) is 12.0. The lowest BCUT2D eigenvalue weighted by Gasteiger charge is -2.51. The van der Waals surface area contributed by atoms with Crippen molar-refractivity contribution in [3.63, 3.8) is 0 Å². The van der Waals surface area contributed by atoms with E-state index in [2.05, 4.69) is 0 Å². The Kier molecular flexibility index (Phi) is 11.2. The maximum absolute atomic E-state index is 13.6. The average Bonchev–Trinajstić information content (AvgIpc) is 3.22. The van der Waals surface area contributed by atoms with E-state index in [0.29, 0.717) is 5.56 Å². The van der Waals surface area contributed by atoms with Gasteiger partial charge in [0, 0.05) is 18.2 Å². The summed E-state index contributed by atoms with van der Waals surface area (Å²) >= 11 is 0. The normalized spacial score (nSPS) is 34.0. The number of methoxy groups -OCH3 is 1. The third-order valence-corrected chi connectivity index (χ3v) is 9.81. The highest BCUT2D eigenvalue weighted by Gasteiger charge is 2.57. The maximum atomic E-state index is 13.6. The summed E-state index contributed by atoms with van der Waals surface area (Å²) in [6, 6.07) is 37.2. The molecule has 4 aromatic carbocycles. The first-order valence-corrected chi connectivity index (χ1v) is 17.8. The third kappa shape index (κ3) is 7.94. The van der Waals surface area contributed by atoms with Crippen LogP contribution in [0.3, 0.4) is 0 Å². The van der Waals surface area contributed by atoms with Crippen LogP contribution in [-0.2, 0) is 54.0 Å². The van der Waals surface area contributed by atoms with Crippen molar-refractivity contribution in [3.8, 4) is 0 Å². The summed E-state index contributed by atoms with van der Waals surface area (Å²) in [6.07, 6.45) is -11.2. The minimum Gasteiger partial charge on any atom is -0.450 e. The lowest BCUT2D eigenvalue weighted by molar-refractivity contribution is -0.405. The molecule has 6 unspecified atom stereocenters. The molecular weight excluding hydrogens is 684 g/mol. The van der Waals surface area contributed by atoms with Gasteiger partial charge in [-0.25, -0.2) is 4.79 Å². The van der Waals surface area contributed by atoms with Gasteiger partial charge < -0.3 is 52.5 Å². The Bertz CT molecular complexity index is 1750. The van der Waals surface area contributed by atoms with E-state index in [1.165, 1.54) is 7.11 Å². The van der Waals surface area contributed by atoms with Gasteiger partial charge >= 0.3 is 5.97 Å². The van der Waals surface area contributed by atoms with Crippen molar-refractivity contribution in [1.82, 2.24) is 0 Å². The number of carbonyl (C=O) groups excluding carboxylic acids is 1. The van der Waals surface area contributed by atoms with Crippen LogP contribution in [0.4, 0.5) is 0 Å². The van der Waals surface area contributed by atoms with Gasteiger partial charge in [-0.05, 0) is 17.7 Å². The quantitative estimate of drug-likeness (QED) is 0.224. The van der Waals surface area contributed by atoms with Gasteiger partial charge in [-0.2, -0.15) is 0 Å². The first-order valence-electron chi connectivity index (χ1n) is 17.8. The first-order chi connectivity index (χ1) is 26.1. The summed E-state index contributed by atoms with van der Waals surface area (Å²) in [5.74, 6) is -0.610. The number of hydrogen-bond acceptors (Lipinski definition) is 12. The number of hydrogen-bond donors (Lipinski definition) is 1. The molecule has 53 heavy (non-hydrogen) atoms. The molecule has 4 saturated heterocycles. The predicted octanol–water partition coefficient (Wildman–Crippen LogP) is 4.87. The van der Waals surface area contributed by atoms with Crippen molar-refractivity contribution in [1.29, 1.82) is 0 Å². The Hall–Kier alpha value is -4.05. The third-order valence-electron chi connectivity index (χ3n) is 9.81. The Labute approximate surface area is 307 Å².